The van der Waals surface area contributed by atoms with Crippen molar-refractivity contribution in [3.05, 3.63) is 29.8 Å². The Labute approximate surface area is 127 Å². The van der Waals surface area contributed by atoms with Crippen molar-refractivity contribution in [3.8, 4) is 0 Å². The van der Waals surface area contributed by atoms with Crippen LogP contribution in [0, 0.1) is 11.7 Å². The topological polar surface area (TPSA) is 37.4 Å². The van der Waals surface area contributed by atoms with Gasteiger partial charge in [0.15, 0.2) is 0 Å². The molecule has 1 N–H and O–H groups in total. The van der Waals surface area contributed by atoms with Gasteiger partial charge < -0.3 is 15.0 Å². The molecule has 1 heterocycles. The highest BCUT2D eigenvalue weighted by Crippen LogP contribution is 2.21. The Hall–Kier alpha value is -1.04. The standard InChI is InChI=1S/C16H28FN3O/c1-5-18-16(15-8-7-14(17)11-19-15)13(2)12-20(3)9-6-10-21-4/h7-8,11,13,16,18H,5-6,9-10,12H2,1-4H3. The van der Waals surface area contributed by atoms with Crippen molar-refractivity contribution in [2.75, 3.05) is 40.4 Å². The molecule has 4 nitrogen and oxygen atoms in total. The lowest BCUT2D eigenvalue weighted by Crippen LogP contribution is -2.35. The number of hydrogen-bond acceptors (Lipinski definition) is 4. The number of hydrogen-bond donors (Lipinski definition) is 1. The van der Waals surface area contributed by atoms with Gasteiger partial charge in [0, 0.05) is 26.8 Å². The fourth-order valence-electron chi connectivity index (χ4n) is 2.56. The normalized spacial score (nSPS) is 14.4. The molecule has 0 bridgehead atoms. The van der Waals surface area contributed by atoms with Crippen molar-refractivity contribution < 1.29 is 9.13 Å². The Morgan fingerprint density at radius 1 is 1.43 bits per heavy atom. The van der Waals surface area contributed by atoms with Crippen LogP contribution in [0.4, 0.5) is 4.39 Å². The molecule has 2 atom stereocenters. The Morgan fingerprint density at radius 3 is 2.76 bits per heavy atom. The van der Waals surface area contributed by atoms with Gasteiger partial charge in [-0.05, 0) is 38.1 Å². The van der Waals surface area contributed by atoms with Gasteiger partial charge in [0.1, 0.15) is 5.82 Å². The maximum Gasteiger partial charge on any atom is 0.141 e. The number of nitrogens with zero attached hydrogens (tertiary/aromatic N) is 2. The average molecular weight is 297 g/mol. The summed E-state index contributed by atoms with van der Waals surface area (Å²) in [7, 11) is 3.84. The summed E-state index contributed by atoms with van der Waals surface area (Å²) in [6.45, 7) is 7.89. The molecule has 5 heteroatoms. The van der Waals surface area contributed by atoms with Crippen LogP contribution < -0.4 is 5.32 Å². The highest BCUT2D eigenvalue weighted by molar-refractivity contribution is 5.11. The molecule has 0 aliphatic heterocycles. The first kappa shape index (κ1) is 18.0. The minimum atomic E-state index is -0.293. The van der Waals surface area contributed by atoms with Gasteiger partial charge in [-0.25, -0.2) is 4.39 Å². The Balaban J connectivity index is 2.60. The molecule has 0 saturated carbocycles. The molecule has 0 spiro atoms. The Morgan fingerprint density at radius 2 is 2.19 bits per heavy atom. The van der Waals surface area contributed by atoms with Crippen molar-refractivity contribution in [3.63, 3.8) is 0 Å². The zero-order valence-corrected chi connectivity index (χ0v) is 13.6. The molecule has 0 fully saturated rings. The van der Waals surface area contributed by atoms with Gasteiger partial charge in [-0.2, -0.15) is 0 Å². The van der Waals surface area contributed by atoms with Crippen LogP contribution in [0.15, 0.2) is 18.3 Å². The third-order valence-corrected chi connectivity index (χ3v) is 3.55. The molecule has 120 valence electrons. The molecule has 0 saturated heterocycles. The van der Waals surface area contributed by atoms with E-state index in [1.54, 1.807) is 13.2 Å². The van der Waals surface area contributed by atoms with Crippen LogP contribution in [-0.2, 0) is 4.74 Å². The second-order valence-corrected chi connectivity index (χ2v) is 5.52. The van der Waals surface area contributed by atoms with Crippen LogP contribution in [0.2, 0.25) is 0 Å². The lowest BCUT2D eigenvalue weighted by Gasteiger charge is -2.28. The van der Waals surface area contributed by atoms with Crippen molar-refractivity contribution in [2.45, 2.75) is 26.3 Å². The summed E-state index contributed by atoms with van der Waals surface area (Å²) in [5, 5.41) is 3.45. The fourth-order valence-corrected chi connectivity index (χ4v) is 2.56. The van der Waals surface area contributed by atoms with E-state index in [2.05, 4.69) is 36.1 Å². The summed E-state index contributed by atoms with van der Waals surface area (Å²) in [5.41, 5.74) is 0.899. The van der Waals surface area contributed by atoms with Gasteiger partial charge in [0.05, 0.1) is 17.9 Å². The average Bonchev–Trinajstić information content (AvgIpc) is 2.46. The number of methoxy groups -OCH3 is 1. The molecular formula is C16H28FN3O. The second-order valence-electron chi connectivity index (χ2n) is 5.52. The summed E-state index contributed by atoms with van der Waals surface area (Å²) < 4.78 is 18.1. The number of nitrogens with one attached hydrogen (secondary N) is 1. The van der Waals surface area contributed by atoms with Gasteiger partial charge in [-0.3, -0.25) is 4.98 Å². The number of ether oxygens (including phenoxy) is 1. The summed E-state index contributed by atoms with van der Waals surface area (Å²) in [5.74, 6) is 0.0915. The summed E-state index contributed by atoms with van der Waals surface area (Å²) in [6.07, 6.45) is 2.31. The third kappa shape index (κ3) is 6.50. The van der Waals surface area contributed by atoms with E-state index in [0.717, 1.165) is 38.4 Å². The van der Waals surface area contributed by atoms with Gasteiger partial charge in [-0.15, -0.1) is 0 Å². The largest absolute Gasteiger partial charge is 0.385 e. The van der Waals surface area contributed by atoms with Crippen molar-refractivity contribution >= 4 is 0 Å². The van der Waals surface area contributed by atoms with E-state index in [9.17, 15) is 4.39 Å². The van der Waals surface area contributed by atoms with Gasteiger partial charge in [0.25, 0.3) is 0 Å². The monoisotopic (exact) mass is 297 g/mol. The molecular weight excluding hydrogens is 269 g/mol. The van der Waals surface area contributed by atoms with Crippen molar-refractivity contribution in [1.29, 1.82) is 0 Å². The summed E-state index contributed by atoms with van der Waals surface area (Å²) >= 11 is 0. The van der Waals surface area contributed by atoms with Crippen LogP contribution in [0.3, 0.4) is 0 Å². The maximum atomic E-state index is 13.0. The highest BCUT2D eigenvalue weighted by Gasteiger charge is 2.20. The first-order chi connectivity index (χ1) is 10.1. The molecule has 0 aliphatic carbocycles. The lowest BCUT2D eigenvalue weighted by atomic mass is 9.97. The predicted octanol–water partition coefficient (Wildman–Crippen LogP) is 2.48. The van der Waals surface area contributed by atoms with E-state index in [4.69, 9.17) is 4.74 Å². The maximum absolute atomic E-state index is 13.0. The lowest BCUT2D eigenvalue weighted by molar-refractivity contribution is 0.171. The fraction of sp³-hybridized carbons (Fsp3) is 0.688. The second kappa shape index (κ2) is 9.82. The first-order valence-corrected chi connectivity index (χ1v) is 7.60. The molecule has 0 aromatic carbocycles. The molecule has 0 aliphatic rings. The molecule has 1 rings (SSSR count). The quantitative estimate of drug-likeness (QED) is 0.673. The van der Waals surface area contributed by atoms with E-state index in [-0.39, 0.29) is 11.9 Å². The van der Waals surface area contributed by atoms with Crippen LogP contribution >= 0.6 is 0 Å². The third-order valence-electron chi connectivity index (χ3n) is 3.55. The minimum absolute atomic E-state index is 0.139. The molecule has 2 unspecified atom stereocenters. The van der Waals surface area contributed by atoms with E-state index in [0.29, 0.717) is 5.92 Å². The number of aromatic nitrogens is 1. The molecule has 1 aromatic rings. The van der Waals surface area contributed by atoms with E-state index >= 15 is 0 Å². The van der Waals surface area contributed by atoms with Crippen LogP contribution in [0.1, 0.15) is 32.0 Å². The van der Waals surface area contributed by atoms with Crippen molar-refractivity contribution in [1.82, 2.24) is 15.2 Å². The first-order valence-electron chi connectivity index (χ1n) is 7.60. The predicted molar refractivity (Wildman–Crippen MR) is 83.8 cm³/mol. The van der Waals surface area contributed by atoms with Gasteiger partial charge in [-0.1, -0.05) is 13.8 Å². The van der Waals surface area contributed by atoms with E-state index in [1.807, 2.05) is 0 Å². The number of halogens is 1. The van der Waals surface area contributed by atoms with E-state index < -0.39 is 0 Å². The Bertz CT molecular complexity index is 386. The Kier molecular flexibility index (Phi) is 8.42. The summed E-state index contributed by atoms with van der Waals surface area (Å²) in [6, 6.07) is 3.38. The highest BCUT2D eigenvalue weighted by atomic mass is 19.1. The van der Waals surface area contributed by atoms with Crippen LogP contribution in [0.25, 0.3) is 0 Å². The number of rotatable bonds is 10. The smallest absolute Gasteiger partial charge is 0.141 e. The molecule has 0 radical (unpaired) electrons. The SMILES string of the molecule is CCNC(c1ccc(F)cn1)C(C)CN(C)CCCOC. The van der Waals surface area contributed by atoms with E-state index in [1.165, 1.54) is 12.3 Å². The van der Waals surface area contributed by atoms with Crippen molar-refractivity contribution in [2.24, 2.45) is 5.92 Å². The molecule has 21 heavy (non-hydrogen) atoms. The van der Waals surface area contributed by atoms with Crippen LogP contribution in [0.5, 0.6) is 0 Å². The van der Waals surface area contributed by atoms with Gasteiger partial charge in [0.2, 0.25) is 0 Å². The zero-order valence-electron chi connectivity index (χ0n) is 13.6. The van der Waals surface area contributed by atoms with Crippen LogP contribution in [-0.4, -0.2) is 50.3 Å². The summed E-state index contributed by atoms with van der Waals surface area (Å²) in [4.78, 5) is 6.53. The zero-order chi connectivity index (χ0) is 15.7. The molecule has 1 aromatic heterocycles. The molecule has 0 amide bonds. The minimum Gasteiger partial charge on any atom is -0.385 e. The number of pyridine rings is 1. The van der Waals surface area contributed by atoms with Gasteiger partial charge >= 0.3 is 0 Å².